The molecule has 0 atom stereocenters. The molecule has 0 aliphatic carbocycles. The lowest BCUT2D eigenvalue weighted by Crippen LogP contribution is -2.27. The molecular weight excluding hydrogens is 248 g/mol. The monoisotopic (exact) mass is 266 g/mol. The predicted octanol–water partition coefficient (Wildman–Crippen LogP) is 0.384. The number of carbonyl (C=O) groups is 2. The normalized spacial score (nSPS) is 9.79. The number of nitrogens with one attached hydrogen (secondary N) is 2. The maximum absolute atomic E-state index is 11.8. The number of aliphatic hydroxyl groups is 1. The van der Waals surface area contributed by atoms with Crippen molar-refractivity contribution < 1.29 is 19.4 Å². The predicted molar refractivity (Wildman–Crippen MR) is 71.0 cm³/mol. The average Bonchev–Trinajstić information content (AvgIpc) is 2.43. The van der Waals surface area contributed by atoms with E-state index in [1.807, 2.05) is 0 Å². The Balaban J connectivity index is 2.67. The zero-order valence-corrected chi connectivity index (χ0v) is 10.8. The molecular formula is C13H18N2O4. The number of carbonyl (C=O) groups excluding carboxylic acids is 2. The third kappa shape index (κ3) is 4.97. The van der Waals surface area contributed by atoms with E-state index in [9.17, 15) is 9.59 Å². The van der Waals surface area contributed by atoms with Gasteiger partial charge in [-0.25, -0.2) is 0 Å². The highest BCUT2D eigenvalue weighted by molar-refractivity contribution is 5.99. The van der Waals surface area contributed by atoms with E-state index in [4.69, 9.17) is 9.84 Å². The second kappa shape index (κ2) is 8.10. The Hall–Kier alpha value is -2.08. The van der Waals surface area contributed by atoms with Crippen LogP contribution in [0.3, 0.4) is 0 Å². The van der Waals surface area contributed by atoms with Crippen LogP contribution in [-0.2, 0) is 9.53 Å². The van der Waals surface area contributed by atoms with Crippen molar-refractivity contribution in [2.75, 3.05) is 31.6 Å². The number of esters is 1. The second-order valence-corrected chi connectivity index (χ2v) is 3.68. The molecule has 6 nitrogen and oxygen atoms in total. The third-order valence-corrected chi connectivity index (χ3v) is 2.30. The van der Waals surface area contributed by atoms with Crippen molar-refractivity contribution in [3.8, 4) is 0 Å². The Morgan fingerprint density at radius 3 is 2.74 bits per heavy atom. The molecule has 0 heterocycles. The highest BCUT2D eigenvalue weighted by Crippen LogP contribution is 2.14. The quantitative estimate of drug-likeness (QED) is 0.621. The van der Waals surface area contributed by atoms with E-state index in [0.29, 0.717) is 17.9 Å². The van der Waals surface area contributed by atoms with Crippen molar-refractivity contribution in [3.63, 3.8) is 0 Å². The summed E-state index contributed by atoms with van der Waals surface area (Å²) in [5.74, 6) is -0.686. The molecule has 0 unspecified atom stereocenters. The minimum Gasteiger partial charge on any atom is -0.465 e. The van der Waals surface area contributed by atoms with Crippen molar-refractivity contribution in [1.29, 1.82) is 0 Å². The molecule has 1 aromatic carbocycles. The largest absolute Gasteiger partial charge is 0.465 e. The first kappa shape index (κ1) is 15.0. The van der Waals surface area contributed by atoms with E-state index in [0.717, 1.165) is 0 Å². The van der Waals surface area contributed by atoms with Gasteiger partial charge in [0.1, 0.15) is 6.54 Å². The number of para-hydroxylation sites is 1. The fourth-order valence-corrected chi connectivity index (χ4v) is 1.48. The lowest BCUT2D eigenvalue weighted by Gasteiger charge is -2.11. The van der Waals surface area contributed by atoms with Crippen LogP contribution in [-0.4, -0.2) is 43.3 Å². The maximum atomic E-state index is 11.8. The second-order valence-electron chi connectivity index (χ2n) is 3.68. The lowest BCUT2D eigenvalue weighted by atomic mass is 10.1. The van der Waals surface area contributed by atoms with E-state index >= 15 is 0 Å². The van der Waals surface area contributed by atoms with Gasteiger partial charge in [-0.15, -0.1) is 0 Å². The molecule has 0 bridgehead atoms. The van der Waals surface area contributed by atoms with Crippen LogP contribution in [0.25, 0.3) is 0 Å². The topological polar surface area (TPSA) is 87.7 Å². The van der Waals surface area contributed by atoms with E-state index in [2.05, 4.69) is 10.6 Å². The summed E-state index contributed by atoms with van der Waals surface area (Å²) in [5.41, 5.74) is 0.964. The highest BCUT2D eigenvalue weighted by atomic mass is 16.5. The van der Waals surface area contributed by atoms with Crippen LogP contribution >= 0.6 is 0 Å². The van der Waals surface area contributed by atoms with Crippen molar-refractivity contribution in [1.82, 2.24) is 5.32 Å². The molecule has 104 valence electrons. The van der Waals surface area contributed by atoms with E-state index in [-0.39, 0.29) is 31.6 Å². The maximum Gasteiger partial charge on any atom is 0.325 e. The summed E-state index contributed by atoms with van der Waals surface area (Å²) in [5, 5.41) is 14.1. The number of aliphatic hydroxyl groups excluding tert-OH is 1. The Kier molecular flexibility index (Phi) is 6.38. The SMILES string of the molecule is CCOC(=O)CNc1ccccc1C(=O)NCCO. The van der Waals surface area contributed by atoms with Gasteiger partial charge in [-0.3, -0.25) is 9.59 Å². The van der Waals surface area contributed by atoms with E-state index in [1.54, 1.807) is 31.2 Å². The minimum absolute atomic E-state index is 0.00185. The summed E-state index contributed by atoms with van der Waals surface area (Å²) in [6.07, 6.45) is 0. The molecule has 0 spiro atoms. The fourth-order valence-electron chi connectivity index (χ4n) is 1.48. The van der Waals surface area contributed by atoms with Crippen molar-refractivity contribution in [2.45, 2.75) is 6.92 Å². The van der Waals surface area contributed by atoms with Crippen molar-refractivity contribution in [2.24, 2.45) is 0 Å². The summed E-state index contributed by atoms with van der Waals surface area (Å²) in [4.78, 5) is 23.1. The molecule has 1 aromatic rings. The smallest absolute Gasteiger partial charge is 0.325 e. The molecule has 0 saturated carbocycles. The van der Waals surface area contributed by atoms with Crippen molar-refractivity contribution >= 4 is 17.6 Å². The van der Waals surface area contributed by atoms with Crippen LogP contribution in [0.4, 0.5) is 5.69 Å². The standard InChI is InChI=1S/C13H18N2O4/c1-2-19-12(17)9-15-11-6-4-3-5-10(11)13(18)14-7-8-16/h3-6,15-16H,2,7-9H2,1H3,(H,14,18). The Bertz CT molecular complexity index is 434. The molecule has 19 heavy (non-hydrogen) atoms. The molecule has 0 saturated heterocycles. The van der Waals surface area contributed by atoms with Gasteiger partial charge in [-0.05, 0) is 19.1 Å². The summed E-state index contributed by atoms with van der Waals surface area (Å²) in [6, 6.07) is 6.83. The van der Waals surface area contributed by atoms with Gasteiger partial charge in [-0.1, -0.05) is 12.1 Å². The summed E-state index contributed by atoms with van der Waals surface area (Å²) in [7, 11) is 0. The number of benzene rings is 1. The minimum atomic E-state index is -0.381. The number of anilines is 1. The average molecular weight is 266 g/mol. The molecule has 0 aromatic heterocycles. The number of amides is 1. The van der Waals surface area contributed by atoms with Crippen LogP contribution in [0.2, 0.25) is 0 Å². The van der Waals surface area contributed by atoms with Gasteiger partial charge in [0.25, 0.3) is 5.91 Å². The van der Waals surface area contributed by atoms with Crippen LogP contribution in [0.1, 0.15) is 17.3 Å². The van der Waals surface area contributed by atoms with Crippen LogP contribution in [0.15, 0.2) is 24.3 Å². The zero-order chi connectivity index (χ0) is 14.1. The molecule has 0 aliphatic rings. The Morgan fingerprint density at radius 2 is 2.05 bits per heavy atom. The van der Waals surface area contributed by atoms with Gasteiger partial charge in [0.2, 0.25) is 0 Å². The first-order valence-corrected chi connectivity index (χ1v) is 6.06. The molecule has 1 amide bonds. The van der Waals surface area contributed by atoms with E-state index < -0.39 is 0 Å². The number of hydrogen-bond donors (Lipinski definition) is 3. The third-order valence-electron chi connectivity index (χ3n) is 2.30. The Morgan fingerprint density at radius 1 is 1.32 bits per heavy atom. The van der Waals surface area contributed by atoms with Crippen molar-refractivity contribution in [3.05, 3.63) is 29.8 Å². The fraction of sp³-hybridized carbons (Fsp3) is 0.385. The summed E-state index contributed by atoms with van der Waals surface area (Å²) in [6.45, 7) is 2.11. The van der Waals surface area contributed by atoms with Gasteiger partial charge in [0, 0.05) is 12.2 Å². The number of hydrogen-bond acceptors (Lipinski definition) is 5. The first-order chi connectivity index (χ1) is 9.19. The van der Waals surface area contributed by atoms with E-state index in [1.165, 1.54) is 0 Å². The Labute approximate surface area is 111 Å². The number of rotatable bonds is 7. The van der Waals surface area contributed by atoms with Gasteiger partial charge < -0.3 is 20.5 Å². The van der Waals surface area contributed by atoms with Gasteiger partial charge in [0.05, 0.1) is 18.8 Å². The summed E-state index contributed by atoms with van der Waals surface area (Å²) < 4.78 is 4.79. The van der Waals surface area contributed by atoms with Crippen LogP contribution in [0, 0.1) is 0 Å². The first-order valence-electron chi connectivity index (χ1n) is 6.06. The molecule has 3 N–H and O–H groups in total. The molecule has 6 heteroatoms. The summed E-state index contributed by atoms with van der Waals surface area (Å²) >= 11 is 0. The highest BCUT2D eigenvalue weighted by Gasteiger charge is 2.11. The lowest BCUT2D eigenvalue weighted by molar-refractivity contribution is -0.140. The molecule has 0 fully saturated rings. The zero-order valence-electron chi connectivity index (χ0n) is 10.8. The molecule has 1 rings (SSSR count). The number of ether oxygens (including phenoxy) is 1. The van der Waals surface area contributed by atoms with Gasteiger partial charge in [0.15, 0.2) is 0 Å². The van der Waals surface area contributed by atoms with Gasteiger partial charge in [-0.2, -0.15) is 0 Å². The van der Waals surface area contributed by atoms with Crippen LogP contribution < -0.4 is 10.6 Å². The molecule has 0 aliphatic heterocycles. The van der Waals surface area contributed by atoms with Gasteiger partial charge >= 0.3 is 5.97 Å². The van der Waals surface area contributed by atoms with Crippen LogP contribution in [0.5, 0.6) is 0 Å². The molecule has 0 radical (unpaired) electrons.